The zero-order chi connectivity index (χ0) is 8.65. The first-order valence-corrected chi connectivity index (χ1v) is 3.71. The Kier molecular flexibility index (Phi) is 1.83. The maximum absolute atomic E-state index is 12.1. The Balaban J connectivity index is 3.21. The molecule has 0 spiro atoms. The first-order chi connectivity index (χ1) is 4.93. The summed E-state index contributed by atoms with van der Waals surface area (Å²) in [6.45, 7) is 1.41. The largest absolute Gasteiger partial charge is 0.419 e. The third-order valence-corrected chi connectivity index (χ3v) is 2.22. The van der Waals surface area contributed by atoms with Crippen LogP contribution in [0.4, 0.5) is 18.9 Å². The molecule has 0 atom stereocenters. The lowest BCUT2D eigenvalue weighted by molar-refractivity contribution is -0.137. The van der Waals surface area contributed by atoms with E-state index in [2.05, 4.69) is 0 Å². The highest BCUT2D eigenvalue weighted by Gasteiger charge is 2.35. The van der Waals surface area contributed by atoms with Crippen molar-refractivity contribution in [2.24, 2.45) is 0 Å². The maximum Gasteiger partial charge on any atom is 0.419 e. The smallest absolute Gasteiger partial charge is 0.398 e. The van der Waals surface area contributed by atoms with Crippen LogP contribution in [0.1, 0.15) is 10.4 Å². The Morgan fingerprint density at radius 2 is 2.00 bits per heavy atom. The number of hydrogen-bond donors (Lipinski definition) is 1. The van der Waals surface area contributed by atoms with E-state index in [0.717, 1.165) is 11.3 Å². The molecule has 62 valence electrons. The van der Waals surface area contributed by atoms with E-state index in [0.29, 0.717) is 0 Å². The van der Waals surface area contributed by atoms with Crippen LogP contribution in [0.15, 0.2) is 5.38 Å². The van der Waals surface area contributed by atoms with Crippen molar-refractivity contribution in [1.29, 1.82) is 0 Å². The zero-order valence-corrected chi connectivity index (χ0v) is 6.51. The Morgan fingerprint density at radius 3 is 2.18 bits per heavy atom. The van der Waals surface area contributed by atoms with Gasteiger partial charge in [-0.3, -0.25) is 0 Å². The molecule has 0 fully saturated rings. The molecule has 0 aliphatic rings. The van der Waals surface area contributed by atoms with Gasteiger partial charge in [-0.1, -0.05) is 0 Å². The van der Waals surface area contributed by atoms with Crippen LogP contribution in [0.5, 0.6) is 0 Å². The predicted octanol–water partition coefficient (Wildman–Crippen LogP) is 2.66. The first kappa shape index (κ1) is 8.39. The van der Waals surface area contributed by atoms with Crippen molar-refractivity contribution >= 4 is 17.0 Å². The molecular weight excluding hydrogens is 175 g/mol. The van der Waals surface area contributed by atoms with E-state index in [1.165, 1.54) is 12.3 Å². The molecule has 5 heteroatoms. The van der Waals surface area contributed by atoms with Gasteiger partial charge in [-0.05, 0) is 6.92 Å². The summed E-state index contributed by atoms with van der Waals surface area (Å²) in [5, 5.41) is 1.30. The highest BCUT2D eigenvalue weighted by atomic mass is 32.1. The van der Waals surface area contributed by atoms with Gasteiger partial charge in [0.25, 0.3) is 0 Å². The second kappa shape index (κ2) is 2.41. The van der Waals surface area contributed by atoms with Crippen LogP contribution in [-0.2, 0) is 6.18 Å². The maximum atomic E-state index is 12.1. The van der Waals surface area contributed by atoms with Crippen molar-refractivity contribution in [3.63, 3.8) is 0 Å². The lowest BCUT2D eigenvalue weighted by atomic mass is 10.2. The fraction of sp³-hybridized carbons (Fsp3) is 0.333. The number of alkyl halides is 3. The first-order valence-electron chi connectivity index (χ1n) is 2.83. The summed E-state index contributed by atoms with van der Waals surface area (Å²) in [5.41, 5.74) is 4.25. The molecule has 0 saturated carbocycles. The summed E-state index contributed by atoms with van der Waals surface area (Å²) in [4.78, 5) is 0.218. The fourth-order valence-corrected chi connectivity index (χ4v) is 1.61. The van der Waals surface area contributed by atoms with E-state index in [1.54, 1.807) is 0 Å². The third kappa shape index (κ3) is 1.48. The van der Waals surface area contributed by atoms with Gasteiger partial charge < -0.3 is 5.73 Å². The molecule has 1 heterocycles. The topological polar surface area (TPSA) is 26.0 Å². The zero-order valence-electron chi connectivity index (χ0n) is 5.70. The summed E-state index contributed by atoms with van der Waals surface area (Å²) in [5.74, 6) is 0. The quantitative estimate of drug-likeness (QED) is 0.654. The minimum atomic E-state index is -4.31. The van der Waals surface area contributed by atoms with Gasteiger partial charge in [-0.2, -0.15) is 13.2 Å². The van der Waals surface area contributed by atoms with Crippen LogP contribution in [0.2, 0.25) is 0 Å². The molecule has 0 unspecified atom stereocenters. The van der Waals surface area contributed by atoms with Crippen molar-refractivity contribution in [2.75, 3.05) is 5.73 Å². The summed E-state index contributed by atoms with van der Waals surface area (Å²) < 4.78 is 36.2. The van der Waals surface area contributed by atoms with Gasteiger partial charge in [0, 0.05) is 10.3 Å². The molecule has 0 amide bonds. The van der Waals surface area contributed by atoms with Gasteiger partial charge in [0.2, 0.25) is 0 Å². The second-order valence-electron chi connectivity index (χ2n) is 2.12. The minimum absolute atomic E-state index is 0.181. The van der Waals surface area contributed by atoms with Crippen LogP contribution in [-0.4, -0.2) is 0 Å². The molecule has 2 N–H and O–H groups in total. The summed E-state index contributed by atoms with van der Waals surface area (Å²) in [7, 11) is 0. The standard InChI is InChI=1S/C6H6F3NS/c1-3-5(6(7,8)9)4(10)2-11-3/h2H,10H2,1H3. The third-order valence-electron chi connectivity index (χ3n) is 1.29. The molecule has 0 aromatic carbocycles. The molecule has 1 nitrogen and oxygen atoms in total. The van der Waals surface area contributed by atoms with Gasteiger partial charge in [-0.15, -0.1) is 11.3 Å². The van der Waals surface area contributed by atoms with E-state index >= 15 is 0 Å². The van der Waals surface area contributed by atoms with Crippen molar-refractivity contribution in [3.05, 3.63) is 15.8 Å². The molecule has 1 aromatic rings. The molecule has 0 radical (unpaired) electrons. The number of nitrogens with two attached hydrogens (primary N) is 1. The monoisotopic (exact) mass is 181 g/mol. The van der Waals surface area contributed by atoms with Crippen molar-refractivity contribution in [3.8, 4) is 0 Å². The van der Waals surface area contributed by atoms with E-state index < -0.39 is 11.7 Å². The molecule has 1 aromatic heterocycles. The van der Waals surface area contributed by atoms with Crippen molar-refractivity contribution in [2.45, 2.75) is 13.1 Å². The Morgan fingerprint density at radius 1 is 1.45 bits per heavy atom. The lowest BCUT2D eigenvalue weighted by Gasteiger charge is -2.05. The average molecular weight is 181 g/mol. The Labute approximate surface area is 65.6 Å². The van der Waals surface area contributed by atoms with E-state index in [4.69, 9.17) is 5.73 Å². The molecule has 0 aliphatic carbocycles. The summed E-state index contributed by atoms with van der Waals surface area (Å²) in [6, 6.07) is 0. The number of hydrogen-bond acceptors (Lipinski definition) is 2. The van der Waals surface area contributed by atoms with Crippen LogP contribution in [0.3, 0.4) is 0 Å². The van der Waals surface area contributed by atoms with E-state index in [9.17, 15) is 13.2 Å². The number of anilines is 1. The minimum Gasteiger partial charge on any atom is -0.398 e. The number of thiophene rings is 1. The molecule has 0 aliphatic heterocycles. The summed E-state index contributed by atoms with van der Waals surface area (Å²) in [6.07, 6.45) is -4.31. The predicted molar refractivity (Wildman–Crippen MR) is 38.5 cm³/mol. The van der Waals surface area contributed by atoms with E-state index in [-0.39, 0.29) is 10.6 Å². The summed E-state index contributed by atoms with van der Waals surface area (Å²) >= 11 is 1.01. The molecule has 0 saturated heterocycles. The number of aryl methyl sites for hydroxylation is 1. The number of halogens is 3. The molecule has 1 rings (SSSR count). The van der Waals surface area contributed by atoms with Crippen LogP contribution in [0, 0.1) is 6.92 Å². The molecular formula is C6H6F3NS. The van der Waals surface area contributed by atoms with Gasteiger partial charge in [0.1, 0.15) is 0 Å². The SMILES string of the molecule is Cc1scc(N)c1C(F)(F)F. The van der Waals surface area contributed by atoms with Gasteiger partial charge in [0.15, 0.2) is 0 Å². The Hall–Kier alpha value is -0.710. The van der Waals surface area contributed by atoms with Crippen LogP contribution >= 0.6 is 11.3 Å². The van der Waals surface area contributed by atoms with Crippen LogP contribution in [0.25, 0.3) is 0 Å². The number of rotatable bonds is 0. The van der Waals surface area contributed by atoms with Gasteiger partial charge in [0.05, 0.1) is 11.3 Å². The van der Waals surface area contributed by atoms with Crippen LogP contribution < -0.4 is 5.73 Å². The normalized spacial score (nSPS) is 12.0. The highest BCUT2D eigenvalue weighted by molar-refractivity contribution is 7.10. The van der Waals surface area contributed by atoms with Crippen molar-refractivity contribution in [1.82, 2.24) is 0 Å². The molecule has 0 bridgehead atoms. The van der Waals surface area contributed by atoms with Gasteiger partial charge in [-0.25, -0.2) is 0 Å². The van der Waals surface area contributed by atoms with E-state index in [1.807, 2.05) is 0 Å². The highest BCUT2D eigenvalue weighted by Crippen LogP contribution is 2.38. The lowest BCUT2D eigenvalue weighted by Crippen LogP contribution is -2.07. The number of nitrogen functional groups attached to an aromatic ring is 1. The Bertz CT molecular complexity index is 244. The molecule has 11 heavy (non-hydrogen) atoms. The van der Waals surface area contributed by atoms with Crippen molar-refractivity contribution < 1.29 is 13.2 Å². The van der Waals surface area contributed by atoms with Gasteiger partial charge >= 0.3 is 6.18 Å². The second-order valence-corrected chi connectivity index (χ2v) is 3.20. The fourth-order valence-electron chi connectivity index (χ4n) is 0.836. The average Bonchev–Trinajstić information content (AvgIpc) is 2.08.